The molecule has 0 radical (unpaired) electrons. The highest BCUT2D eigenvalue weighted by Gasteiger charge is 2.03. The van der Waals surface area contributed by atoms with Gasteiger partial charge in [-0.15, -0.1) is 0 Å². The van der Waals surface area contributed by atoms with Crippen LogP contribution in [0.1, 0.15) is 5.56 Å². The summed E-state index contributed by atoms with van der Waals surface area (Å²) < 4.78 is 1.86. The van der Waals surface area contributed by atoms with Crippen molar-refractivity contribution >= 4 is 22.5 Å². The molecule has 0 aliphatic heterocycles. The zero-order valence-electron chi connectivity index (χ0n) is 9.39. The zero-order chi connectivity index (χ0) is 11.8. The van der Waals surface area contributed by atoms with Gasteiger partial charge in [-0.2, -0.15) is 5.10 Å². The van der Waals surface area contributed by atoms with E-state index in [2.05, 4.69) is 11.2 Å². The minimum atomic E-state index is 0.766. The van der Waals surface area contributed by atoms with E-state index in [1.54, 1.807) is 0 Å². The predicted octanol–water partition coefficient (Wildman–Crippen LogP) is 3.99. The van der Waals surface area contributed by atoms with Gasteiger partial charge in [-0.3, -0.25) is 0 Å². The molecule has 2 aromatic carbocycles. The fourth-order valence-corrected chi connectivity index (χ4v) is 2.00. The molecule has 3 heteroatoms. The van der Waals surface area contributed by atoms with Gasteiger partial charge in [-0.1, -0.05) is 35.9 Å². The topological polar surface area (TPSA) is 17.8 Å². The normalized spacial score (nSPS) is 10.9. The second-order valence-corrected chi connectivity index (χ2v) is 4.47. The van der Waals surface area contributed by atoms with Crippen LogP contribution in [-0.4, -0.2) is 9.78 Å². The highest BCUT2D eigenvalue weighted by Crippen LogP contribution is 2.21. The maximum Gasteiger partial charge on any atom is 0.0927 e. The number of halogens is 1. The third-order valence-corrected chi connectivity index (χ3v) is 3.24. The average Bonchev–Trinajstić information content (AvgIpc) is 2.76. The molecular formula is C14H11ClN2. The summed E-state index contributed by atoms with van der Waals surface area (Å²) >= 11 is 6.12. The molecule has 1 aromatic heterocycles. The Bertz CT molecular complexity index is 653. The maximum atomic E-state index is 6.12. The summed E-state index contributed by atoms with van der Waals surface area (Å²) in [5.41, 5.74) is 3.05. The molecule has 1 heterocycles. The van der Waals surface area contributed by atoms with E-state index in [1.165, 1.54) is 0 Å². The Morgan fingerprint density at radius 1 is 1.12 bits per heavy atom. The summed E-state index contributed by atoms with van der Waals surface area (Å²) in [5.74, 6) is 0. The van der Waals surface area contributed by atoms with E-state index in [-0.39, 0.29) is 0 Å². The Hall–Kier alpha value is -1.80. The predicted molar refractivity (Wildman–Crippen MR) is 70.8 cm³/mol. The van der Waals surface area contributed by atoms with Gasteiger partial charge >= 0.3 is 0 Å². The number of aromatic nitrogens is 2. The van der Waals surface area contributed by atoms with Gasteiger partial charge in [0.05, 0.1) is 11.2 Å². The molecule has 0 unspecified atom stereocenters. The van der Waals surface area contributed by atoms with Crippen molar-refractivity contribution in [1.82, 2.24) is 9.78 Å². The summed E-state index contributed by atoms with van der Waals surface area (Å²) in [7, 11) is 0. The van der Waals surface area contributed by atoms with Crippen molar-refractivity contribution in [2.75, 3.05) is 0 Å². The minimum Gasteiger partial charge on any atom is -0.240 e. The van der Waals surface area contributed by atoms with Crippen molar-refractivity contribution in [2.45, 2.75) is 6.92 Å². The number of nitrogens with zero attached hydrogens (tertiary/aromatic N) is 2. The number of hydrogen-bond donors (Lipinski definition) is 0. The van der Waals surface area contributed by atoms with Crippen LogP contribution in [0.4, 0.5) is 0 Å². The van der Waals surface area contributed by atoms with E-state index in [4.69, 9.17) is 11.6 Å². The van der Waals surface area contributed by atoms with E-state index in [9.17, 15) is 0 Å². The van der Waals surface area contributed by atoms with Crippen LogP contribution in [0.2, 0.25) is 5.02 Å². The molecule has 3 rings (SSSR count). The van der Waals surface area contributed by atoms with Crippen LogP contribution in [0.5, 0.6) is 0 Å². The molecule has 0 bridgehead atoms. The van der Waals surface area contributed by atoms with Crippen molar-refractivity contribution in [3.05, 3.63) is 59.2 Å². The number of rotatable bonds is 1. The largest absolute Gasteiger partial charge is 0.240 e. The molecule has 0 N–H and O–H groups in total. The summed E-state index contributed by atoms with van der Waals surface area (Å²) in [6.45, 7) is 1.99. The van der Waals surface area contributed by atoms with E-state index >= 15 is 0 Å². The van der Waals surface area contributed by atoms with Gasteiger partial charge in [0.25, 0.3) is 0 Å². The lowest BCUT2D eigenvalue weighted by Crippen LogP contribution is -1.94. The second-order valence-electron chi connectivity index (χ2n) is 4.07. The van der Waals surface area contributed by atoms with Crippen LogP contribution in [0.25, 0.3) is 16.6 Å². The first kappa shape index (κ1) is 10.4. The lowest BCUT2D eigenvalue weighted by Gasteiger charge is -2.03. The number of benzene rings is 2. The molecule has 0 saturated carbocycles. The van der Waals surface area contributed by atoms with Gasteiger partial charge in [0.1, 0.15) is 0 Å². The van der Waals surface area contributed by atoms with E-state index in [0.717, 1.165) is 27.2 Å². The molecule has 0 saturated heterocycles. The average molecular weight is 243 g/mol. The Labute approximate surface area is 104 Å². The highest BCUT2D eigenvalue weighted by atomic mass is 35.5. The van der Waals surface area contributed by atoms with Gasteiger partial charge in [0.15, 0.2) is 0 Å². The third-order valence-electron chi connectivity index (χ3n) is 2.83. The number of aryl methyl sites for hydroxylation is 1. The van der Waals surface area contributed by atoms with Crippen molar-refractivity contribution < 1.29 is 0 Å². The molecule has 84 valence electrons. The SMILES string of the molecule is Cc1ccc(-n2cc3ccccc3n2)cc1Cl. The first-order valence-corrected chi connectivity index (χ1v) is 5.83. The summed E-state index contributed by atoms with van der Waals surface area (Å²) in [5, 5.41) is 6.41. The molecule has 0 atom stereocenters. The first-order chi connectivity index (χ1) is 8.24. The molecule has 0 amide bonds. The van der Waals surface area contributed by atoms with Gasteiger partial charge in [-0.25, -0.2) is 4.68 Å². The van der Waals surface area contributed by atoms with Crippen molar-refractivity contribution in [2.24, 2.45) is 0 Å². The maximum absolute atomic E-state index is 6.12. The fraction of sp³-hybridized carbons (Fsp3) is 0.0714. The molecule has 0 aliphatic rings. The van der Waals surface area contributed by atoms with Crippen molar-refractivity contribution in [3.8, 4) is 5.69 Å². The second kappa shape index (κ2) is 3.90. The summed E-state index contributed by atoms with van der Waals surface area (Å²) in [6, 6.07) is 14.0. The Morgan fingerprint density at radius 2 is 1.94 bits per heavy atom. The summed E-state index contributed by atoms with van der Waals surface area (Å²) in [6.07, 6.45) is 2.01. The molecular weight excluding hydrogens is 232 g/mol. The Morgan fingerprint density at radius 3 is 2.71 bits per heavy atom. The lowest BCUT2D eigenvalue weighted by atomic mass is 10.2. The zero-order valence-corrected chi connectivity index (χ0v) is 10.1. The molecule has 3 aromatic rings. The third kappa shape index (κ3) is 1.81. The fourth-order valence-electron chi connectivity index (χ4n) is 1.82. The lowest BCUT2D eigenvalue weighted by molar-refractivity contribution is 0.896. The van der Waals surface area contributed by atoms with Crippen LogP contribution in [0.15, 0.2) is 48.7 Å². The molecule has 17 heavy (non-hydrogen) atoms. The van der Waals surface area contributed by atoms with Crippen LogP contribution in [0.3, 0.4) is 0 Å². The van der Waals surface area contributed by atoms with Gasteiger partial charge in [0, 0.05) is 16.6 Å². The van der Waals surface area contributed by atoms with Crippen LogP contribution in [-0.2, 0) is 0 Å². The van der Waals surface area contributed by atoms with Crippen LogP contribution >= 0.6 is 11.6 Å². The standard InChI is InChI=1S/C14H11ClN2/c1-10-6-7-12(8-13(10)15)17-9-11-4-2-3-5-14(11)16-17/h2-9H,1H3. The van der Waals surface area contributed by atoms with E-state index in [0.29, 0.717) is 0 Å². The quantitative estimate of drug-likeness (QED) is 0.631. The summed E-state index contributed by atoms with van der Waals surface area (Å²) in [4.78, 5) is 0. The Kier molecular flexibility index (Phi) is 2.37. The van der Waals surface area contributed by atoms with Gasteiger partial charge in [-0.05, 0) is 30.7 Å². The van der Waals surface area contributed by atoms with Gasteiger partial charge < -0.3 is 0 Å². The number of hydrogen-bond acceptors (Lipinski definition) is 1. The molecule has 0 fully saturated rings. The Balaban J connectivity index is 2.17. The number of fused-ring (bicyclic) bond motifs is 1. The van der Waals surface area contributed by atoms with E-state index < -0.39 is 0 Å². The smallest absolute Gasteiger partial charge is 0.0927 e. The van der Waals surface area contributed by atoms with E-state index in [1.807, 2.05) is 54.2 Å². The van der Waals surface area contributed by atoms with Gasteiger partial charge in [0.2, 0.25) is 0 Å². The molecule has 2 nitrogen and oxygen atoms in total. The van der Waals surface area contributed by atoms with Crippen molar-refractivity contribution in [1.29, 1.82) is 0 Å². The minimum absolute atomic E-state index is 0.766. The van der Waals surface area contributed by atoms with Crippen molar-refractivity contribution in [3.63, 3.8) is 0 Å². The highest BCUT2D eigenvalue weighted by molar-refractivity contribution is 6.31. The van der Waals surface area contributed by atoms with Crippen LogP contribution < -0.4 is 0 Å². The first-order valence-electron chi connectivity index (χ1n) is 5.45. The molecule has 0 spiro atoms. The molecule has 0 aliphatic carbocycles. The van der Waals surface area contributed by atoms with Crippen LogP contribution in [0, 0.1) is 6.92 Å². The monoisotopic (exact) mass is 242 g/mol.